The fraction of sp³-hybridized carbons (Fsp3) is 0.190. The number of nitrogens with zero attached hydrogens (tertiary/aromatic N) is 1. The number of hydrogen-bond acceptors (Lipinski definition) is 6. The van der Waals surface area contributed by atoms with Gasteiger partial charge in [-0.1, -0.05) is 18.2 Å². The van der Waals surface area contributed by atoms with E-state index in [4.69, 9.17) is 14.2 Å². The third-order valence-electron chi connectivity index (χ3n) is 4.02. The Bertz CT molecular complexity index is 1010. The smallest absolute Gasteiger partial charge is 0.339 e. The first-order valence-electron chi connectivity index (χ1n) is 8.32. The molecule has 6 heteroatoms. The molecule has 0 fully saturated rings. The van der Waals surface area contributed by atoms with Crippen molar-refractivity contribution >= 4 is 22.7 Å². The molecule has 0 spiro atoms. The number of benzene rings is 2. The maximum absolute atomic E-state index is 12.5. The molecule has 0 saturated heterocycles. The zero-order valence-electron chi connectivity index (χ0n) is 15.3. The molecule has 0 bridgehead atoms. The normalized spacial score (nSPS) is 10.5. The molecule has 0 atom stereocenters. The Hall–Kier alpha value is -3.41. The second kappa shape index (κ2) is 7.86. The lowest BCUT2D eigenvalue weighted by molar-refractivity contribution is -0.120. The van der Waals surface area contributed by atoms with Crippen LogP contribution in [0.15, 0.2) is 48.5 Å². The molecule has 0 N–H and O–H groups in total. The number of hydrogen-bond donors (Lipinski definition) is 0. The average molecular weight is 365 g/mol. The van der Waals surface area contributed by atoms with Gasteiger partial charge in [-0.25, -0.2) is 9.78 Å². The summed E-state index contributed by atoms with van der Waals surface area (Å²) in [5, 5.41) is 0.662. The molecule has 3 aromatic rings. The van der Waals surface area contributed by atoms with E-state index in [-0.39, 0.29) is 12.4 Å². The van der Waals surface area contributed by atoms with Crippen LogP contribution in [0, 0.1) is 0 Å². The van der Waals surface area contributed by atoms with Crippen molar-refractivity contribution in [1.29, 1.82) is 0 Å². The number of ketones is 1. The molecule has 0 aliphatic heterocycles. The highest BCUT2D eigenvalue weighted by molar-refractivity contribution is 6.05. The van der Waals surface area contributed by atoms with Crippen LogP contribution in [0.5, 0.6) is 11.5 Å². The number of rotatable bonds is 6. The number of aromatic nitrogens is 1. The summed E-state index contributed by atoms with van der Waals surface area (Å²) < 4.78 is 15.7. The van der Waals surface area contributed by atoms with Gasteiger partial charge in [0.25, 0.3) is 0 Å². The fourth-order valence-corrected chi connectivity index (χ4v) is 2.73. The highest BCUT2D eigenvalue weighted by Gasteiger charge is 2.16. The van der Waals surface area contributed by atoms with Crippen LogP contribution in [0.4, 0.5) is 0 Å². The highest BCUT2D eigenvalue weighted by Crippen LogP contribution is 2.33. The lowest BCUT2D eigenvalue weighted by Gasteiger charge is -2.12. The zero-order valence-corrected chi connectivity index (χ0v) is 15.3. The Morgan fingerprint density at radius 3 is 2.41 bits per heavy atom. The SMILES string of the molecule is COc1ccc(-c2cc(C(=O)OCC(C)=O)c3ccccc3n2)cc1OC. The van der Waals surface area contributed by atoms with Crippen LogP contribution in [-0.2, 0) is 9.53 Å². The minimum atomic E-state index is -0.564. The van der Waals surface area contributed by atoms with Crippen molar-refractivity contribution in [3.05, 3.63) is 54.1 Å². The van der Waals surface area contributed by atoms with Gasteiger partial charge in [-0.2, -0.15) is 0 Å². The molecule has 3 rings (SSSR count). The number of fused-ring (bicyclic) bond motifs is 1. The summed E-state index contributed by atoms with van der Waals surface area (Å²) in [5.41, 5.74) is 2.36. The highest BCUT2D eigenvalue weighted by atomic mass is 16.5. The van der Waals surface area contributed by atoms with Gasteiger partial charge in [-0.15, -0.1) is 0 Å². The Labute approximate surface area is 156 Å². The Kier molecular flexibility index (Phi) is 5.35. The largest absolute Gasteiger partial charge is 0.493 e. The topological polar surface area (TPSA) is 74.7 Å². The quantitative estimate of drug-likeness (QED) is 0.621. The van der Waals surface area contributed by atoms with Crippen LogP contribution < -0.4 is 9.47 Å². The number of carbonyl (C=O) groups is 2. The zero-order chi connectivity index (χ0) is 19.4. The second-order valence-corrected chi connectivity index (χ2v) is 5.92. The molecule has 6 nitrogen and oxygen atoms in total. The van der Waals surface area contributed by atoms with E-state index in [0.29, 0.717) is 33.7 Å². The number of pyridine rings is 1. The molecule has 0 amide bonds. The summed E-state index contributed by atoms with van der Waals surface area (Å²) in [6.45, 7) is 1.11. The van der Waals surface area contributed by atoms with Gasteiger partial charge in [-0.05, 0) is 37.3 Å². The number of ether oxygens (including phenoxy) is 3. The van der Waals surface area contributed by atoms with Crippen molar-refractivity contribution in [1.82, 2.24) is 4.98 Å². The molecular formula is C21H19NO5. The van der Waals surface area contributed by atoms with Crippen molar-refractivity contribution in [2.45, 2.75) is 6.92 Å². The first kappa shape index (κ1) is 18.4. The molecule has 1 heterocycles. The number of Topliss-reactive ketones (excluding diaryl/α,β-unsaturated/α-hetero) is 1. The fourth-order valence-electron chi connectivity index (χ4n) is 2.73. The first-order chi connectivity index (χ1) is 13.0. The predicted molar refractivity (Wildman–Crippen MR) is 101 cm³/mol. The van der Waals surface area contributed by atoms with Crippen molar-refractivity contribution in [2.75, 3.05) is 20.8 Å². The van der Waals surface area contributed by atoms with Gasteiger partial charge in [-0.3, -0.25) is 4.79 Å². The van der Waals surface area contributed by atoms with E-state index in [1.165, 1.54) is 6.92 Å². The average Bonchev–Trinajstić information content (AvgIpc) is 2.70. The van der Waals surface area contributed by atoms with Crippen molar-refractivity contribution < 1.29 is 23.8 Å². The number of para-hydroxylation sites is 1. The summed E-state index contributed by atoms with van der Waals surface area (Å²) in [5.74, 6) is 0.376. The van der Waals surface area contributed by atoms with Gasteiger partial charge in [0, 0.05) is 10.9 Å². The molecule has 0 aliphatic rings. The molecule has 138 valence electrons. The number of esters is 1. The van der Waals surface area contributed by atoms with Crippen LogP contribution >= 0.6 is 0 Å². The Morgan fingerprint density at radius 2 is 1.70 bits per heavy atom. The summed E-state index contributed by atoms with van der Waals surface area (Å²) in [7, 11) is 3.12. The maximum Gasteiger partial charge on any atom is 0.339 e. The Morgan fingerprint density at radius 1 is 0.963 bits per heavy atom. The third kappa shape index (κ3) is 3.89. The number of methoxy groups -OCH3 is 2. The van der Waals surface area contributed by atoms with Crippen molar-refractivity contribution in [2.24, 2.45) is 0 Å². The molecular weight excluding hydrogens is 346 g/mol. The van der Waals surface area contributed by atoms with Gasteiger partial charge in [0.1, 0.15) is 6.61 Å². The van der Waals surface area contributed by atoms with Crippen LogP contribution in [0.2, 0.25) is 0 Å². The maximum atomic E-state index is 12.5. The van der Waals surface area contributed by atoms with Crippen molar-refractivity contribution in [3.63, 3.8) is 0 Å². The van der Waals surface area contributed by atoms with E-state index in [2.05, 4.69) is 4.98 Å². The molecule has 27 heavy (non-hydrogen) atoms. The van der Waals surface area contributed by atoms with Gasteiger partial charge >= 0.3 is 5.97 Å². The van der Waals surface area contributed by atoms with E-state index in [1.807, 2.05) is 24.3 Å². The van der Waals surface area contributed by atoms with Gasteiger partial charge < -0.3 is 14.2 Å². The van der Waals surface area contributed by atoms with E-state index in [9.17, 15) is 9.59 Å². The summed E-state index contributed by atoms with van der Waals surface area (Å²) in [6.07, 6.45) is 0. The lowest BCUT2D eigenvalue weighted by Crippen LogP contribution is -2.12. The van der Waals surface area contributed by atoms with Gasteiger partial charge in [0.15, 0.2) is 17.3 Å². The monoisotopic (exact) mass is 365 g/mol. The standard InChI is InChI=1S/C21H19NO5/c1-13(23)12-27-21(24)16-11-18(22-17-7-5-4-6-15(16)17)14-8-9-19(25-2)20(10-14)26-3/h4-11H,12H2,1-3H3. The van der Waals surface area contributed by atoms with Crippen LogP contribution in [0.25, 0.3) is 22.2 Å². The molecule has 2 aromatic carbocycles. The van der Waals surface area contributed by atoms with Crippen LogP contribution in [0.3, 0.4) is 0 Å². The van der Waals surface area contributed by atoms with E-state index < -0.39 is 5.97 Å². The number of carbonyl (C=O) groups excluding carboxylic acids is 2. The minimum Gasteiger partial charge on any atom is -0.493 e. The van der Waals surface area contributed by atoms with E-state index >= 15 is 0 Å². The summed E-state index contributed by atoms with van der Waals surface area (Å²) in [6, 6.07) is 14.3. The van der Waals surface area contributed by atoms with Gasteiger partial charge in [0.05, 0.1) is 31.0 Å². The third-order valence-corrected chi connectivity index (χ3v) is 4.02. The predicted octanol–water partition coefficient (Wildman–Crippen LogP) is 3.66. The Balaban J connectivity index is 2.12. The molecule has 0 radical (unpaired) electrons. The second-order valence-electron chi connectivity index (χ2n) is 5.92. The molecule has 1 aromatic heterocycles. The van der Waals surface area contributed by atoms with Gasteiger partial charge in [0.2, 0.25) is 0 Å². The summed E-state index contributed by atoms with van der Waals surface area (Å²) in [4.78, 5) is 28.3. The molecule has 0 saturated carbocycles. The van der Waals surface area contributed by atoms with Crippen molar-refractivity contribution in [3.8, 4) is 22.8 Å². The lowest BCUT2D eigenvalue weighted by atomic mass is 10.0. The summed E-state index contributed by atoms with van der Waals surface area (Å²) >= 11 is 0. The van der Waals surface area contributed by atoms with E-state index in [1.54, 1.807) is 38.5 Å². The van der Waals surface area contributed by atoms with Crippen LogP contribution in [0.1, 0.15) is 17.3 Å². The molecule has 0 unspecified atom stereocenters. The molecule has 0 aliphatic carbocycles. The van der Waals surface area contributed by atoms with Crippen LogP contribution in [-0.4, -0.2) is 37.6 Å². The van der Waals surface area contributed by atoms with E-state index in [0.717, 1.165) is 5.56 Å². The first-order valence-corrected chi connectivity index (χ1v) is 8.32. The minimum absolute atomic E-state index is 0.221.